The Labute approximate surface area is 138 Å². The van der Waals surface area contributed by atoms with E-state index in [0.29, 0.717) is 18.2 Å². The second-order valence-electron chi connectivity index (χ2n) is 4.79. The molecule has 0 fully saturated rings. The summed E-state index contributed by atoms with van der Waals surface area (Å²) in [6.07, 6.45) is 1.77. The lowest BCUT2D eigenvalue weighted by molar-refractivity contribution is 0.407. The number of anilines is 1. The molecule has 0 saturated carbocycles. The molecule has 118 valence electrons. The van der Waals surface area contributed by atoms with Crippen molar-refractivity contribution in [1.29, 1.82) is 0 Å². The fourth-order valence-corrected chi connectivity index (χ4v) is 2.48. The van der Waals surface area contributed by atoms with Gasteiger partial charge in [-0.15, -0.1) is 0 Å². The van der Waals surface area contributed by atoms with Crippen LogP contribution in [0, 0.1) is 6.92 Å². The van der Waals surface area contributed by atoms with Crippen LogP contribution in [0.2, 0.25) is 0 Å². The molecule has 23 heavy (non-hydrogen) atoms. The highest BCUT2D eigenvalue weighted by atomic mass is 32.1. The van der Waals surface area contributed by atoms with Crippen molar-refractivity contribution >= 4 is 16.7 Å². The van der Waals surface area contributed by atoms with Crippen molar-refractivity contribution in [1.82, 2.24) is 14.3 Å². The molecule has 2 heterocycles. The molecule has 0 spiro atoms. The summed E-state index contributed by atoms with van der Waals surface area (Å²) in [4.78, 5) is 8.57. The number of benzene rings is 1. The second kappa shape index (κ2) is 7.06. The number of hydrogen-bond acceptors (Lipinski definition) is 7. The van der Waals surface area contributed by atoms with Gasteiger partial charge in [-0.25, -0.2) is 9.97 Å². The van der Waals surface area contributed by atoms with Crippen LogP contribution in [-0.2, 0) is 6.54 Å². The molecule has 0 aliphatic carbocycles. The van der Waals surface area contributed by atoms with E-state index in [1.807, 2.05) is 43.3 Å². The molecule has 2 aromatic heterocycles. The lowest BCUT2D eigenvalue weighted by atomic mass is 10.3. The zero-order chi connectivity index (χ0) is 16.1. The van der Waals surface area contributed by atoms with Crippen LogP contribution in [0.3, 0.4) is 0 Å². The third-order valence-corrected chi connectivity index (χ3v) is 3.80. The van der Waals surface area contributed by atoms with E-state index in [2.05, 4.69) is 19.7 Å². The molecule has 3 rings (SSSR count). The molecule has 0 amide bonds. The Kier molecular flexibility index (Phi) is 4.68. The monoisotopic (exact) mass is 328 g/mol. The maximum absolute atomic E-state index is 5.71. The molecule has 7 heteroatoms. The van der Waals surface area contributed by atoms with E-state index in [1.54, 1.807) is 13.3 Å². The van der Waals surface area contributed by atoms with Crippen LogP contribution in [0.25, 0.3) is 0 Å². The first-order valence-electron chi connectivity index (χ1n) is 7.04. The van der Waals surface area contributed by atoms with E-state index >= 15 is 0 Å². The number of pyridine rings is 1. The van der Waals surface area contributed by atoms with Crippen molar-refractivity contribution < 1.29 is 9.47 Å². The second-order valence-corrected chi connectivity index (χ2v) is 5.54. The Hall–Kier alpha value is -2.67. The molecule has 1 N–H and O–H groups in total. The molecule has 0 atom stereocenters. The van der Waals surface area contributed by atoms with Gasteiger partial charge in [-0.1, -0.05) is 12.1 Å². The fourth-order valence-electron chi connectivity index (χ4n) is 1.91. The van der Waals surface area contributed by atoms with Crippen molar-refractivity contribution in [2.45, 2.75) is 13.5 Å². The summed E-state index contributed by atoms with van der Waals surface area (Å²) in [7, 11) is 1.62. The number of nitrogens with one attached hydrogen (secondary N) is 1. The highest BCUT2D eigenvalue weighted by molar-refractivity contribution is 7.09. The minimum Gasteiger partial charge on any atom is -0.497 e. The van der Waals surface area contributed by atoms with Crippen molar-refractivity contribution in [2.24, 2.45) is 0 Å². The third-order valence-electron chi connectivity index (χ3n) is 3.03. The van der Waals surface area contributed by atoms with E-state index in [0.717, 1.165) is 22.3 Å². The lowest BCUT2D eigenvalue weighted by Crippen LogP contribution is -1.99. The van der Waals surface area contributed by atoms with Gasteiger partial charge in [0, 0.05) is 36.4 Å². The number of nitrogens with zero attached hydrogens (tertiary/aromatic N) is 3. The molecular formula is C16H16N4O2S. The van der Waals surface area contributed by atoms with E-state index in [4.69, 9.17) is 9.47 Å². The Morgan fingerprint density at radius 2 is 2.04 bits per heavy atom. The summed E-state index contributed by atoms with van der Waals surface area (Å²) in [6.45, 7) is 2.51. The van der Waals surface area contributed by atoms with Crippen LogP contribution < -0.4 is 14.8 Å². The van der Waals surface area contributed by atoms with E-state index in [1.165, 1.54) is 11.5 Å². The summed E-state index contributed by atoms with van der Waals surface area (Å²) in [5, 5.41) is 4.02. The third kappa shape index (κ3) is 4.17. The summed E-state index contributed by atoms with van der Waals surface area (Å²) in [5.74, 6) is 2.74. The van der Waals surface area contributed by atoms with Gasteiger partial charge in [0.15, 0.2) is 0 Å². The van der Waals surface area contributed by atoms with E-state index in [9.17, 15) is 0 Å². The van der Waals surface area contributed by atoms with E-state index < -0.39 is 0 Å². The maximum Gasteiger partial charge on any atom is 0.219 e. The van der Waals surface area contributed by atoms with Gasteiger partial charge < -0.3 is 14.8 Å². The number of ether oxygens (including phenoxy) is 2. The molecule has 0 aliphatic rings. The number of aromatic nitrogens is 3. The van der Waals surface area contributed by atoms with Crippen LogP contribution in [0.5, 0.6) is 17.4 Å². The van der Waals surface area contributed by atoms with Crippen LogP contribution in [-0.4, -0.2) is 21.5 Å². The van der Waals surface area contributed by atoms with Crippen molar-refractivity contribution in [2.75, 3.05) is 12.4 Å². The predicted octanol–water partition coefficient (Wildman–Crippen LogP) is 3.65. The van der Waals surface area contributed by atoms with Gasteiger partial charge in [0.05, 0.1) is 7.11 Å². The van der Waals surface area contributed by atoms with Gasteiger partial charge in [-0.3, -0.25) is 0 Å². The van der Waals surface area contributed by atoms with Crippen LogP contribution >= 0.6 is 11.5 Å². The Morgan fingerprint density at radius 1 is 1.17 bits per heavy atom. The summed E-state index contributed by atoms with van der Waals surface area (Å²) in [6, 6.07) is 11.2. The van der Waals surface area contributed by atoms with Gasteiger partial charge in [0.2, 0.25) is 11.0 Å². The molecule has 6 nitrogen and oxygen atoms in total. The van der Waals surface area contributed by atoms with Crippen molar-refractivity contribution in [3.63, 3.8) is 0 Å². The summed E-state index contributed by atoms with van der Waals surface area (Å²) < 4.78 is 15.0. The fraction of sp³-hybridized carbons (Fsp3) is 0.188. The number of methoxy groups -OCH3 is 1. The molecule has 0 saturated heterocycles. The van der Waals surface area contributed by atoms with Crippen LogP contribution in [0.1, 0.15) is 11.4 Å². The Morgan fingerprint density at radius 3 is 2.74 bits per heavy atom. The normalized spacial score (nSPS) is 10.3. The van der Waals surface area contributed by atoms with Crippen LogP contribution in [0.4, 0.5) is 5.13 Å². The Bertz CT molecular complexity index is 774. The average Bonchev–Trinajstić information content (AvgIpc) is 3.00. The molecule has 0 aliphatic heterocycles. The highest BCUT2D eigenvalue weighted by Crippen LogP contribution is 2.24. The zero-order valence-corrected chi connectivity index (χ0v) is 13.6. The SMILES string of the molecule is COc1cccc(Oc2ccc(CNc3nc(C)ns3)cn2)c1. The number of aryl methyl sites for hydroxylation is 1. The first-order valence-corrected chi connectivity index (χ1v) is 7.81. The van der Waals surface area contributed by atoms with Gasteiger partial charge in [0.25, 0.3) is 0 Å². The van der Waals surface area contributed by atoms with E-state index in [-0.39, 0.29) is 0 Å². The predicted molar refractivity (Wildman–Crippen MR) is 89.3 cm³/mol. The Balaban J connectivity index is 1.60. The molecule has 0 bridgehead atoms. The first-order chi connectivity index (χ1) is 11.2. The van der Waals surface area contributed by atoms with Gasteiger partial charge in [-0.05, 0) is 24.6 Å². The number of hydrogen-bond donors (Lipinski definition) is 1. The van der Waals surface area contributed by atoms with Crippen molar-refractivity contribution in [3.8, 4) is 17.4 Å². The largest absolute Gasteiger partial charge is 0.497 e. The topological polar surface area (TPSA) is 69.2 Å². The minimum absolute atomic E-state index is 0.536. The highest BCUT2D eigenvalue weighted by Gasteiger charge is 2.03. The molecule has 1 aromatic carbocycles. The summed E-state index contributed by atoms with van der Waals surface area (Å²) in [5.41, 5.74) is 1.04. The van der Waals surface area contributed by atoms with Crippen molar-refractivity contribution in [3.05, 3.63) is 54.0 Å². The number of rotatable bonds is 6. The zero-order valence-electron chi connectivity index (χ0n) is 12.8. The lowest BCUT2D eigenvalue weighted by Gasteiger charge is -2.07. The van der Waals surface area contributed by atoms with Gasteiger partial charge in [0.1, 0.15) is 17.3 Å². The molecule has 0 radical (unpaired) electrons. The molecular weight excluding hydrogens is 312 g/mol. The van der Waals surface area contributed by atoms with Gasteiger partial charge in [-0.2, -0.15) is 4.37 Å². The quantitative estimate of drug-likeness (QED) is 0.745. The first kappa shape index (κ1) is 15.2. The summed E-state index contributed by atoms with van der Waals surface area (Å²) >= 11 is 1.35. The minimum atomic E-state index is 0.536. The standard InChI is InChI=1S/C16H16N4O2S/c1-11-19-16(23-20-11)18-10-12-6-7-15(17-9-12)22-14-5-3-4-13(8-14)21-2/h3-9H,10H2,1-2H3,(H,18,19,20). The maximum atomic E-state index is 5.71. The molecule has 3 aromatic rings. The molecule has 0 unspecified atom stereocenters. The van der Waals surface area contributed by atoms with Gasteiger partial charge >= 0.3 is 0 Å². The van der Waals surface area contributed by atoms with Crippen LogP contribution in [0.15, 0.2) is 42.6 Å². The average molecular weight is 328 g/mol. The smallest absolute Gasteiger partial charge is 0.219 e.